The van der Waals surface area contributed by atoms with E-state index in [1.807, 2.05) is 0 Å². The zero-order valence-corrected chi connectivity index (χ0v) is 16.5. The van der Waals surface area contributed by atoms with Crippen LogP contribution in [0.25, 0.3) is 0 Å². The Labute approximate surface area is 157 Å². The fraction of sp³-hybridized carbons (Fsp3) is 0.700. The van der Waals surface area contributed by atoms with Crippen molar-refractivity contribution in [1.29, 1.82) is 0 Å². The summed E-state index contributed by atoms with van der Waals surface area (Å²) in [5.41, 5.74) is 0. The minimum atomic E-state index is -3.43. The molecule has 1 aromatic rings. The summed E-state index contributed by atoms with van der Waals surface area (Å²) in [7, 11) is -1.86. The molecule has 1 aliphatic carbocycles. The summed E-state index contributed by atoms with van der Waals surface area (Å²) in [5, 5.41) is 0. The van der Waals surface area contributed by atoms with Crippen molar-refractivity contribution in [2.24, 2.45) is 11.8 Å². The first-order chi connectivity index (χ1) is 12.6. The van der Waals surface area contributed by atoms with Crippen molar-refractivity contribution in [3.05, 3.63) is 24.3 Å². The summed E-state index contributed by atoms with van der Waals surface area (Å²) in [5.74, 6) is 1.94. The Morgan fingerprint density at radius 2 is 1.92 bits per heavy atom. The zero-order valence-electron chi connectivity index (χ0n) is 15.6. The number of piperidine rings is 1. The molecule has 4 rings (SSSR count). The number of ether oxygens (including phenoxy) is 1. The summed E-state index contributed by atoms with van der Waals surface area (Å²) >= 11 is 0. The largest absolute Gasteiger partial charge is 0.497 e. The van der Waals surface area contributed by atoms with Gasteiger partial charge in [-0.25, -0.2) is 8.42 Å². The number of methoxy groups -OCH3 is 1. The topological polar surface area (TPSA) is 49.9 Å². The van der Waals surface area contributed by atoms with E-state index >= 15 is 0 Å². The van der Waals surface area contributed by atoms with Gasteiger partial charge in [0.15, 0.2) is 0 Å². The first-order valence-electron chi connectivity index (χ1n) is 9.96. The Kier molecular flexibility index (Phi) is 5.26. The Balaban J connectivity index is 1.37. The Morgan fingerprint density at radius 3 is 2.65 bits per heavy atom. The predicted octanol–water partition coefficient (Wildman–Crippen LogP) is 2.97. The normalized spacial score (nSPS) is 28.3. The van der Waals surface area contributed by atoms with E-state index in [4.69, 9.17) is 4.74 Å². The molecule has 6 heteroatoms. The molecule has 3 fully saturated rings. The average molecular weight is 379 g/mol. The number of rotatable bonds is 5. The SMILES string of the molecule is COc1cccc(S(=O)(=O)N2CC[C@H]3[C@H](CN3CC3CCCCC3)C2)c1. The van der Waals surface area contributed by atoms with Gasteiger partial charge in [0.05, 0.1) is 12.0 Å². The summed E-state index contributed by atoms with van der Waals surface area (Å²) in [4.78, 5) is 2.96. The molecule has 144 valence electrons. The van der Waals surface area contributed by atoms with Crippen LogP contribution < -0.4 is 4.74 Å². The molecule has 2 heterocycles. The molecule has 5 nitrogen and oxygen atoms in total. The number of hydrogen-bond acceptors (Lipinski definition) is 4. The van der Waals surface area contributed by atoms with Crippen LogP contribution in [-0.2, 0) is 10.0 Å². The second kappa shape index (κ2) is 7.49. The van der Waals surface area contributed by atoms with Crippen molar-refractivity contribution in [1.82, 2.24) is 9.21 Å². The molecule has 2 atom stereocenters. The summed E-state index contributed by atoms with van der Waals surface area (Å²) in [6.07, 6.45) is 7.90. The maximum absolute atomic E-state index is 13.0. The smallest absolute Gasteiger partial charge is 0.243 e. The van der Waals surface area contributed by atoms with Crippen LogP contribution in [0.2, 0.25) is 0 Å². The number of likely N-dealkylation sites (tertiary alicyclic amines) is 1. The standard InChI is InChI=1S/C20H30N2O3S/c1-25-18-8-5-9-19(12-18)26(23,24)22-11-10-20-17(15-22)14-21(20)13-16-6-3-2-4-7-16/h5,8-9,12,16-17,20H,2-4,6-7,10-11,13-15H2,1H3/t17-,20+/m1/s1. The Morgan fingerprint density at radius 1 is 1.12 bits per heavy atom. The van der Waals surface area contributed by atoms with Crippen LogP contribution in [-0.4, -0.2) is 57.0 Å². The van der Waals surface area contributed by atoms with Crippen LogP contribution >= 0.6 is 0 Å². The summed E-state index contributed by atoms with van der Waals surface area (Å²) in [6, 6.07) is 7.40. The van der Waals surface area contributed by atoms with Crippen LogP contribution in [0, 0.1) is 11.8 Å². The van der Waals surface area contributed by atoms with E-state index in [-0.39, 0.29) is 0 Å². The summed E-state index contributed by atoms with van der Waals surface area (Å²) in [6.45, 7) is 3.57. The fourth-order valence-electron chi connectivity index (χ4n) is 4.99. The lowest BCUT2D eigenvalue weighted by Crippen LogP contribution is -2.64. The van der Waals surface area contributed by atoms with Crippen molar-refractivity contribution < 1.29 is 13.2 Å². The van der Waals surface area contributed by atoms with Gasteiger partial charge < -0.3 is 4.74 Å². The van der Waals surface area contributed by atoms with Gasteiger partial charge in [-0.1, -0.05) is 25.3 Å². The van der Waals surface area contributed by atoms with E-state index in [0.29, 0.717) is 35.7 Å². The molecule has 26 heavy (non-hydrogen) atoms. The third-order valence-electron chi connectivity index (χ3n) is 6.49. The molecule has 0 spiro atoms. The maximum Gasteiger partial charge on any atom is 0.243 e. The highest BCUT2D eigenvalue weighted by Crippen LogP contribution is 2.37. The highest BCUT2D eigenvalue weighted by molar-refractivity contribution is 7.89. The van der Waals surface area contributed by atoms with E-state index in [9.17, 15) is 8.42 Å². The highest BCUT2D eigenvalue weighted by atomic mass is 32.2. The molecule has 2 aliphatic heterocycles. The Bertz CT molecular complexity index is 730. The number of nitrogens with zero attached hydrogens (tertiary/aromatic N) is 2. The van der Waals surface area contributed by atoms with Crippen LogP contribution in [0.15, 0.2) is 29.2 Å². The van der Waals surface area contributed by atoms with Gasteiger partial charge in [0.25, 0.3) is 0 Å². The van der Waals surface area contributed by atoms with Gasteiger partial charge >= 0.3 is 0 Å². The first-order valence-corrected chi connectivity index (χ1v) is 11.4. The number of hydrogen-bond donors (Lipinski definition) is 0. The quantitative estimate of drug-likeness (QED) is 0.790. The monoisotopic (exact) mass is 378 g/mol. The molecule has 1 saturated carbocycles. The lowest BCUT2D eigenvalue weighted by atomic mass is 9.81. The number of benzene rings is 1. The van der Waals surface area contributed by atoms with Gasteiger partial charge in [-0.05, 0) is 37.3 Å². The Hall–Kier alpha value is -1.11. The number of fused-ring (bicyclic) bond motifs is 1. The zero-order chi connectivity index (χ0) is 18.1. The molecular formula is C20H30N2O3S. The molecule has 0 unspecified atom stereocenters. The van der Waals surface area contributed by atoms with Crippen LogP contribution in [0.3, 0.4) is 0 Å². The fourth-order valence-corrected chi connectivity index (χ4v) is 6.53. The highest BCUT2D eigenvalue weighted by Gasteiger charge is 2.45. The summed E-state index contributed by atoms with van der Waals surface area (Å²) < 4.78 is 32.8. The third-order valence-corrected chi connectivity index (χ3v) is 8.35. The molecule has 0 radical (unpaired) electrons. The number of sulfonamides is 1. The van der Waals surface area contributed by atoms with Crippen molar-refractivity contribution in [3.63, 3.8) is 0 Å². The molecular weight excluding hydrogens is 348 g/mol. The van der Waals surface area contributed by atoms with Gasteiger partial charge in [-0.2, -0.15) is 4.31 Å². The molecule has 0 bridgehead atoms. The van der Waals surface area contributed by atoms with Crippen molar-refractivity contribution in [2.45, 2.75) is 49.5 Å². The second-order valence-electron chi connectivity index (χ2n) is 8.12. The molecule has 3 aliphatic rings. The van der Waals surface area contributed by atoms with E-state index < -0.39 is 10.0 Å². The van der Waals surface area contributed by atoms with Crippen LogP contribution in [0.5, 0.6) is 5.75 Å². The molecule has 1 aromatic carbocycles. The third kappa shape index (κ3) is 3.51. The van der Waals surface area contributed by atoms with E-state index in [1.165, 1.54) is 38.6 Å². The van der Waals surface area contributed by atoms with Gasteiger partial charge in [0.2, 0.25) is 10.0 Å². The molecule has 0 N–H and O–H groups in total. The lowest BCUT2D eigenvalue weighted by molar-refractivity contribution is -0.0369. The van der Waals surface area contributed by atoms with Crippen LogP contribution in [0.1, 0.15) is 38.5 Å². The molecule has 2 saturated heterocycles. The van der Waals surface area contributed by atoms with Gasteiger partial charge in [-0.15, -0.1) is 0 Å². The van der Waals surface area contributed by atoms with Gasteiger partial charge in [-0.3, -0.25) is 4.90 Å². The average Bonchev–Trinajstić information content (AvgIpc) is 2.66. The van der Waals surface area contributed by atoms with Crippen molar-refractivity contribution in [3.8, 4) is 5.75 Å². The van der Waals surface area contributed by atoms with Crippen LogP contribution in [0.4, 0.5) is 0 Å². The minimum Gasteiger partial charge on any atom is -0.497 e. The molecule has 0 aromatic heterocycles. The lowest BCUT2D eigenvalue weighted by Gasteiger charge is -2.54. The van der Waals surface area contributed by atoms with Gasteiger partial charge in [0.1, 0.15) is 5.75 Å². The van der Waals surface area contributed by atoms with Gasteiger partial charge in [0, 0.05) is 44.2 Å². The van der Waals surface area contributed by atoms with E-state index in [0.717, 1.165) is 18.9 Å². The maximum atomic E-state index is 13.0. The van der Waals surface area contributed by atoms with E-state index in [2.05, 4.69) is 4.90 Å². The minimum absolute atomic E-state index is 0.341. The molecule has 0 amide bonds. The van der Waals surface area contributed by atoms with E-state index in [1.54, 1.807) is 35.7 Å². The first kappa shape index (κ1) is 18.3. The van der Waals surface area contributed by atoms with Crippen molar-refractivity contribution >= 4 is 10.0 Å². The van der Waals surface area contributed by atoms with Crippen molar-refractivity contribution in [2.75, 3.05) is 33.3 Å². The predicted molar refractivity (Wildman–Crippen MR) is 102 cm³/mol. The second-order valence-corrected chi connectivity index (χ2v) is 10.1.